The van der Waals surface area contributed by atoms with E-state index in [9.17, 15) is 0 Å². The van der Waals surface area contributed by atoms with Crippen LogP contribution >= 0.6 is 15.9 Å². The van der Waals surface area contributed by atoms with Gasteiger partial charge in [-0.1, -0.05) is 15.9 Å². The maximum absolute atomic E-state index is 5.46. The minimum absolute atomic E-state index is 0.439. The maximum atomic E-state index is 5.46. The molecule has 5 heteroatoms. The summed E-state index contributed by atoms with van der Waals surface area (Å²) >= 11 is 3.57. The summed E-state index contributed by atoms with van der Waals surface area (Å²) < 4.78 is 17.1. The van der Waals surface area contributed by atoms with Crippen molar-refractivity contribution in [3.8, 4) is 11.5 Å². The van der Waals surface area contributed by atoms with Crippen molar-refractivity contribution in [3.05, 3.63) is 22.2 Å². The SMILES string of the molecule is COc1cc(Br)c(CN[C@H]2CCCOC2)cc1OC. The summed E-state index contributed by atoms with van der Waals surface area (Å²) in [5.74, 6) is 1.49. The van der Waals surface area contributed by atoms with Gasteiger partial charge in [-0.2, -0.15) is 0 Å². The highest BCUT2D eigenvalue weighted by Gasteiger charge is 2.15. The van der Waals surface area contributed by atoms with Crippen molar-refractivity contribution in [1.82, 2.24) is 5.32 Å². The third-order valence-electron chi connectivity index (χ3n) is 3.29. The largest absolute Gasteiger partial charge is 0.493 e. The maximum Gasteiger partial charge on any atom is 0.161 e. The van der Waals surface area contributed by atoms with Gasteiger partial charge in [0.05, 0.1) is 20.8 Å². The smallest absolute Gasteiger partial charge is 0.161 e. The molecule has 1 fully saturated rings. The molecule has 2 rings (SSSR count). The van der Waals surface area contributed by atoms with Gasteiger partial charge in [0.2, 0.25) is 0 Å². The van der Waals surface area contributed by atoms with E-state index in [0.29, 0.717) is 6.04 Å². The Kier molecular flexibility index (Phi) is 5.48. The third kappa shape index (κ3) is 3.84. The third-order valence-corrected chi connectivity index (χ3v) is 4.03. The highest BCUT2D eigenvalue weighted by molar-refractivity contribution is 9.10. The fourth-order valence-corrected chi connectivity index (χ4v) is 2.65. The average Bonchev–Trinajstić information content (AvgIpc) is 2.46. The molecule has 1 aromatic rings. The van der Waals surface area contributed by atoms with Crippen LogP contribution in [0.3, 0.4) is 0 Å². The van der Waals surface area contributed by atoms with E-state index in [1.807, 2.05) is 12.1 Å². The molecular weight excluding hydrogens is 310 g/mol. The van der Waals surface area contributed by atoms with Crippen LogP contribution in [0.1, 0.15) is 18.4 Å². The van der Waals surface area contributed by atoms with E-state index >= 15 is 0 Å². The predicted octanol–water partition coefficient (Wildman–Crippen LogP) is 2.73. The molecule has 19 heavy (non-hydrogen) atoms. The summed E-state index contributed by atoms with van der Waals surface area (Å²) in [6, 6.07) is 4.38. The number of ether oxygens (including phenoxy) is 3. The van der Waals surface area contributed by atoms with Gasteiger partial charge in [-0.3, -0.25) is 0 Å². The van der Waals surface area contributed by atoms with Gasteiger partial charge in [0, 0.05) is 23.7 Å². The predicted molar refractivity (Wildman–Crippen MR) is 77.9 cm³/mol. The first kappa shape index (κ1) is 14.6. The van der Waals surface area contributed by atoms with Gasteiger partial charge >= 0.3 is 0 Å². The zero-order valence-corrected chi connectivity index (χ0v) is 13.0. The zero-order chi connectivity index (χ0) is 13.7. The molecule has 0 radical (unpaired) electrons. The van der Waals surface area contributed by atoms with E-state index < -0.39 is 0 Å². The number of nitrogens with one attached hydrogen (secondary N) is 1. The van der Waals surface area contributed by atoms with E-state index in [-0.39, 0.29) is 0 Å². The molecule has 1 aliphatic rings. The normalized spacial score (nSPS) is 19.2. The van der Waals surface area contributed by atoms with Crippen molar-refractivity contribution in [2.24, 2.45) is 0 Å². The van der Waals surface area contributed by atoms with E-state index in [4.69, 9.17) is 14.2 Å². The van der Waals surface area contributed by atoms with Gasteiger partial charge in [0.15, 0.2) is 11.5 Å². The average molecular weight is 330 g/mol. The quantitative estimate of drug-likeness (QED) is 0.901. The Morgan fingerprint density at radius 3 is 2.68 bits per heavy atom. The molecular formula is C14H20BrNO3. The fourth-order valence-electron chi connectivity index (χ4n) is 2.19. The van der Waals surface area contributed by atoms with Crippen molar-refractivity contribution in [2.75, 3.05) is 27.4 Å². The second-order valence-corrected chi connectivity index (χ2v) is 5.45. The van der Waals surface area contributed by atoms with E-state index in [1.54, 1.807) is 14.2 Å². The Balaban J connectivity index is 2.02. The van der Waals surface area contributed by atoms with Crippen LogP contribution in [0.2, 0.25) is 0 Å². The number of benzene rings is 1. The van der Waals surface area contributed by atoms with Gasteiger partial charge in [-0.05, 0) is 30.5 Å². The van der Waals surface area contributed by atoms with Gasteiger partial charge in [-0.25, -0.2) is 0 Å². The van der Waals surface area contributed by atoms with E-state index in [1.165, 1.54) is 6.42 Å². The molecule has 1 aliphatic heterocycles. The van der Waals surface area contributed by atoms with Crippen LogP contribution < -0.4 is 14.8 Å². The Morgan fingerprint density at radius 2 is 2.05 bits per heavy atom. The first-order valence-corrected chi connectivity index (χ1v) is 7.25. The molecule has 1 saturated heterocycles. The molecule has 0 saturated carbocycles. The monoisotopic (exact) mass is 329 g/mol. The van der Waals surface area contributed by atoms with Gasteiger partial charge in [0.25, 0.3) is 0 Å². The summed E-state index contributed by atoms with van der Waals surface area (Å²) in [4.78, 5) is 0. The lowest BCUT2D eigenvalue weighted by Gasteiger charge is -2.23. The molecule has 4 nitrogen and oxygen atoms in total. The Labute approximate surface area is 122 Å². The van der Waals surface area contributed by atoms with Crippen LogP contribution in [0.25, 0.3) is 0 Å². The van der Waals surface area contributed by atoms with Crippen LogP contribution in [0, 0.1) is 0 Å². The van der Waals surface area contributed by atoms with Crippen molar-refractivity contribution >= 4 is 15.9 Å². The molecule has 0 amide bonds. The number of hydrogen-bond acceptors (Lipinski definition) is 4. The lowest BCUT2D eigenvalue weighted by atomic mass is 10.1. The molecule has 0 unspecified atom stereocenters. The summed E-state index contributed by atoms with van der Waals surface area (Å²) in [7, 11) is 3.29. The molecule has 0 spiro atoms. The van der Waals surface area contributed by atoms with Crippen LogP contribution in [0.5, 0.6) is 11.5 Å². The molecule has 106 valence electrons. The summed E-state index contributed by atoms with van der Waals surface area (Å²) in [6.07, 6.45) is 2.30. The second kappa shape index (κ2) is 7.12. The molecule has 1 aromatic carbocycles. The van der Waals surface area contributed by atoms with E-state index in [2.05, 4.69) is 21.2 Å². The number of halogens is 1. The summed E-state index contributed by atoms with van der Waals surface area (Å²) in [5.41, 5.74) is 1.16. The van der Waals surface area contributed by atoms with Crippen LogP contribution in [0.15, 0.2) is 16.6 Å². The number of methoxy groups -OCH3 is 2. The Morgan fingerprint density at radius 1 is 1.32 bits per heavy atom. The van der Waals surface area contributed by atoms with Gasteiger partial charge < -0.3 is 19.5 Å². The minimum Gasteiger partial charge on any atom is -0.493 e. The standard InChI is InChI=1S/C14H20BrNO3/c1-17-13-6-10(12(15)7-14(13)18-2)8-16-11-4-3-5-19-9-11/h6-7,11,16H,3-5,8-9H2,1-2H3/t11-/m0/s1. The minimum atomic E-state index is 0.439. The highest BCUT2D eigenvalue weighted by Crippen LogP contribution is 2.33. The van der Waals surface area contributed by atoms with Crippen LogP contribution in [0.4, 0.5) is 0 Å². The second-order valence-electron chi connectivity index (χ2n) is 4.59. The number of hydrogen-bond donors (Lipinski definition) is 1. The van der Waals surface area contributed by atoms with Crippen LogP contribution in [-0.4, -0.2) is 33.5 Å². The van der Waals surface area contributed by atoms with Gasteiger partial charge in [-0.15, -0.1) is 0 Å². The zero-order valence-electron chi connectivity index (χ0n) is 11.4. The first-order valence-electron chi connectivity index (χ1n) is 6.46. The van der Waals surface area contributed by atoms with E-state index in [0.717, 1.165) is 47.7 Å². The highest BCUT2D eigenvalue weighted by atomic mass is 79.9. The fraction of sp³-hybridized carbons (Fsp3) is 0.571. The molecule has 1 heterocycles. The van der Waals surface area contributed by atoms with Crippen molar-refractivity contribution in [3.63, 3.8) is 0 Å². The Bertz CT molecular complexity index is 419. The summed E-state index contributed by atoms with van der Waals surface area (Å²) in [6.45, 7) is 2.47. The lowest BCUT2D eigenvalue weighted by Crippen LogP contribution is -2.36. The molecule has 0 aliphatic carbocycles. The Hall–Kier alpha value is -0.780. The van der Waals surface area contributed by atoms with Crippen LogP contribution in [-0.2, 0) is 11.3 Å². The van der Waals surface area contributed by atoms with Crippen molar-refractivity contribution in [2.45, 2.75) is 25.4 Å². The van der Waals surface area contributed by atoms with Crippen molar-refractivity contribution in [1.29, 1.82) is 0 Å². The first-order chi connectivity index (χ1) is 9.24. The van der Waals surface area contributed by atoms with Crippen molar-refractivity contribution < 1.29 is 14.2 Å². The topological polar surface area (TPSA) is 39.7 Å². The number of rotatable bonds is 5. The molecule has 0 bridgehead atoms. The molecule has 0 aromatic heterocycles. The lowest BCUT2D eigenvalue weighted by molar-refractivity contribution is 0.0699. The van der Waals surface area contributed by atoms with Gasteiger partial charge in [0.1, 0.15) is 0 Å². The summed E-state index contributed by atoms with van der Waals surface area (Å²) in [5, 5.41) is 3.52. The molecule has 1 atom stereocenters. The molecule has 1 N–H and O–H groups in total.